The van der Waals surface area contributed by atoms with E-state index in [0.29, 0.717) is 6.42 Å². The predicted molar refractivity (Wildman–Crippen MR) is 96.8 cm³/mol. The minimum atomic E-state index is -4.66. The monoisotopic (exact) mass is 519 g/mol. The summed E-state index contributed by atoms with van der Waals surface area (Å²) in [6, 6.07) is 2.00. The van der Waals surface area contributed by atoms with Crippen molar-refractivity contribution in [3.8, 4) is 16.9 Å². The van der Waals surface area contributed by atoms with E-state index in [-0.39, 0.29) is 37.4 Å². The maximum Gasteiger partial charge on any atom is 0.432 e. The molecule has 0 aliphatic carbocycles. The summed E-state index contributed by atoms with van der Waals surface area (Å²) >= 11 is 11.9. The van der Waals surface area contributed by atoms with E-state index in [1.165, 1.54) is 7.05 Å². The molecule has 1 aromatic heterocycles. The van der Waals surface area contributed by atoms with Gasteiger partial charge in [0.25, 0.3) is 0 Å². The van der Waals surface area contributed by atoms with E-state index in [1.807, 2.05) is 0 Å². The van der Waals surface area contributed by atoms with Crippen LogP contribution in [0.4, 0.5) is 17.6 Å². The number of nitrogens with zero attached hydrogens (tertiary/aromatic N) is 1. The summed E-state index contributed by atoms with van der Waals surface area (Å²) in [6.07, 6.45) is -4.00. The lowest BCUT2D eigenvalue weighted by Gasteiger charge is -2.10. The summed E-state index contributed by atoms with van der Waals surface area (Å²) < 4.78 is 59.8. The fourth-order valence-corrected chi connectivity index (χ4v) is 4.28. The van der Waals surface area contributed by atoms with E-state index < -0.39 is 23.7 Å². The summed E-state index contributed by atoms with van der Waals surface area (Å²) in [4.78, 5) is 11.7. The van der Waals surface area contributed by atoms with Gasteiger partial charge in [-0.05, 0) is 50.4 Å². The van der Waals surface area contributed by atoms with Crippen LogP contribution in [0.25, 0.3) is 11.1 Å². The van der Waals surface area contributed by atoms with E-state index >= 15 is 0 Å². The fourth-order valence-electron chi connectivity index (χ4n) is 2.34. The Morgan fingerprint density at radius 3 is 2.42 bits per heavy atom. The van der Waals surface area contributed by atoms with Gasteiger partial charge in [0.2, 0.25) is 0 Å². The number of hydrogen-bond donors (Lipinski definition) is 0. The number of aromatic nitrogens is 1. The molecule has 3 nitrogen and oxygen atoms in total. The third-order valence-corrected chi connectivity index (χ3v) is 5.50. The van der Waals surface area contributed by atoms with Gasteiger partial charge in [0.15, 0.2) is 0 Å². The van der Waals surface area contributed by atoms with Crippen molar-refractivity contribution in [1.82, 2.24) is 4.57 Å². The molecular formula is C16H12Br2ClF4NO2. The molecule has 0 atom stereocenters. The normalized spacial score (nSPS) is 11.7. The zero-order chi connectivity index (χ0) is 19.8. The molecule has 0 spiro atoms. The average Bonchev–Trinajstić information content (AvgIpc) is 2.72. The SMILES string of the molecule is CCCC(=O)Oc1cc(-c2c(Br)c(C(F)(F)F)n(C)c2Br)c(F)cc1Cl. The van der Waals surface area contributed by atoms with Gasteiger partial charge in [0.1, 0.15) is 17.3 Å². The number of esters is 1. The Balaban J connectivity index is 2.65. The number of benzene rings is 1. The van der Waals surface area contributed by atoms with Crippen LogP contribution in [0, 0.1) is 5.82 Å². The Morgan fingerprint density at radius 2 is 1.92 bits per heavy atom. The maximum absolute atomic E-state index is 14.4. The first-order valence-electron chi connectivity index (χ1n) is 7.30. The van der Waals surface area contributed by atoms with Gasteiger partial charge in [0, 0.05) is 24.6 Å². The standard InChI is InChI=1S/C16H12Br2ClF4NO2/c1-3-4-11(25)26-10-5-7(9(20)6-8(10)19)12-13(17)14(16(21,22)23)24(2)15(12)18/h5-6H,3-4H2,1-2H3. The smallest absolute Gasteiger partial charge is 0.425 e. The van der Waals surface area contributed by atoms with E-state index in [1.54, 1.807) is 6.92 Å². The molecule has 0 saturated heterocycles. The van der Waals surface area contributed by atoms with Crippen LogP contribution in [0.2, 0.25) is 5.02 Å². The van der Waals surface area contributed by atoms with E-state index in [0.717, 1.165) is 16.7 Å². The van der Waals surface area contributed by atoms with Crippen molar-refractivity contribution in [2.24, 2.45) is 7.05 Å². The third kappa shape index (κ3) is 4.09. The van der Waals surface area contributed by atoms with Crippen molar-refractivity contribution in [3.05, 3.63) is 37.7 Å². The van der Waals surface area contributed by atoms with Crippen molar-refractivity contribution in [2.75, 3.05) is 0 Å². The molecule has 142 valence electrons. The predicted octanol–water partition coefficient (Wildman–Crippen LogP) is 6.73. The van der Waals surface area contributed by atoms with Gasteiger partial charge in [-0.2, -0.15) is 13.2 Å². The lowest BCUT2D eigenvalue weighted by atomic mass is 10.1. The van der Waals surface area contributed by atoms with Crippen LogP contribution in [0.5, 0.6) is 5.75 Å². The van der Waals surface area contributed by atoms with Crippen molar-refractivity contribution in [1.29, 1.82) is 0 Å². The minimum absolute atomic E-state index is 0.00348. The van der Waals surface area contributed by atoms with E-state index in [4.69, 9.17) is 16.3 Å². The largest absolute Gasteiger partial charge is 0.432 e. The van der Waals surface area contributed by atoms with Crippen LogP contribution in [0.3, 0.4) is 0 Å². The van der Waals surface area contributed by atoms with E-state index in [9.17, 15) is 22.4 Å². The number of rotatable bonds is 4. The molecule has 10 heteroatoms. The number of carbonyl (C=O) groups excluding carboxylic acids is 1. The lowest BCUT2D eigenvalue weighted by Crippen LogP contribution is -2.11. The van der Waals surface area contributed by atoms with Crippen LogP contribution in [-0.4, -0.2) is 10.5 Å². The van der Waals surface area contributed by atoms with E-state index in [2.05, 4.69) is 31.9 Å². The molecule has 0 unspecified atom stereocenters. The van der Waals surface area contributed by atoms with Crippen LogP contribution >= 0.6 is 43.5 Å². The number of carbonyl (C=O) groups is 1. The Morgan fingerprint density at radius 1 is 1.31 bits per heavy atom. The molecule has 0 fully saturated rings. The fraction of sp³-hybridized carbons (Fsp3) is 0.312. The molecule has 0 radical (unpaired) electrons. The average molecular weight is 522 g/mol. The summed E-state index contributed by atoms with van der Waals surface area (Å²) in [5.74, 6) is -1.56. The van der Waals surface area contributed by atoms with Gasteiger partial charge in [-0.1, -0.05) is 18.5 Å². The molecular weight excluding hydrogens is 509 g/mol. The Kier molecular flexibility index (Phi) is 6.45. The summed E-state index contributed by atoms with van der Waals surface area (Å²) in [7, 11) is 1.19. The van der Waals surface area contributed by atoms with Crippen molar-refractivity contribution in [3.63, 3.8) is 0 Å². The van der Waals surface area contributed by atoms with Crippen LogP contribution < -0.4 is 4.74 Å². The molecule has 0 saturated carbocycles. The zero-order valence-corrected chi connectivity index (χ0v) is 17.4. The molecule has 1 aromatic carbocycles. The van der Waals surface area contributed by atoms with Gasteiger partial charge < -0.3 is 9.30 Å². The first-order valence-corrected chi connectivity index (χ1v) is 9.26. The van der Waals surface area contributed by atoms with Gasteiger partial charge in [-0.25, -0.2) is 4.39 Å². The molecule has 0 N–H and O–H groups in total. The second kappa shape index (κ2) is 7.90. The highest BCUT2D eigenvalue weighted by molar-refractivity contribution is 9.11. The van der Waals surface area contributed by atoms with Gasteiger partial charge >= 0.3 is 12.1 Å². The first kappa shape index (κ1) is 21.2. The summed E-state index contributed by atoms with van der Waals surface area (Å²) in [5, 5.41) is -0.157. The highest BCUT2D eigenvalue weighted by Crippen LogP contribution is 2.47. The third-order valence-electron chi connectivity index (χ3n) is 3.50. The first-order chi connectivity index (χ1) is 12.0. The zero-order valence-electron chi connectivity index (χ0n) is 13.5. The highest BCUT2D eigenvalue weighted by atomic mass is 79.9. The molecule has 2 rings (SSSR count). The molecule has 0 bridgehead atoms. The van der Waals surface area contributed by atoms with Gasteiger partial charge in [-0.15, -0.1) is 0 Å². The van der Waals surface area contributed by atoms with Crippen LogP contribution in [-0.2, 0) is 18.0 Å². The van der Waals surface area contributed by atoms with Crippen molar-refractivity contribution >= 4 is 49.4 Å². The summed E-state index contributed by atoms with van der Waals surface area (Å²) in [6.45, 7) is 1.77. The Labute approximate surface area is 168 Å². The molecule has 0 amide bonds. The molecule has 0 aliphatic rings. The summed E-state index contributed by atoms with van der Waals surface area (Å²) in [5.41, 5.74) is -1.25. The van der Waals surface area contributed by atoms with Crippen molar-refractivity contribution in [2.45, 2.75) is 25.9 Å². The number of alkyl halides is 3. The molecule has 1 heterocycles. The topological polar surface area (TPSA) is 31.2 Å². The van der Waals surface area contributed by atoms with Crippen LogP contribution in [0.15, 0.2) is 21.2 Å². The number of hydrogen-bond acceptors (Lipinski definition) is 2. The number of halogens is 7. The molecule has 26 heavy (non-hydrogen) atoms. The van der Waals surface area contributed by atoms with Gasteiger partial charge in [-0.3, -0.25) is 4.79 Å². The quantitative estimate of drug-likeness (QED) is 0.254. The molecule has 2 aromatic rings. The molecule has 0 aliphatic heterocycles. The Hall–Kier alpha value is -1.06. The second-order valence-corrected chi connectivity index (χ2v) is 7.32. The van der Waals surface area contributed by atoms with Crippen molar-refractivity contribution < 1.29 is 27.1 Å². The Bertz CT molecular complexity index is 865. The lowest BCUT2D eigenvalue weighted by molar-refractivity contribution is -0.143. The second-order valence-electron chi connectivity index (χ2n) is 5.37. The number of ether oxygens (including phenoxy) is 1. The maximum atomic E-state index is 14.4. The van der Waals surface area contributed by atoms with Gasteiger partial charge in [0.05, 0.1) is 14.1 Å². The highest BCUT2D eigenvalue weighted by Gasteiger charge is 2.39. The minimum Gasteiger partial charge on any atom is -0.425 e. The van der Waals surface area contributed by atoms with Crippen LogP contribution in [0.1, 0.15) is 25.5 Å².